The van der Waals surface area contributed by atoms with Gasteiger partial charge in [0.2, 0.25) is 11.9 Å². The highest BCUT2D eigenvalue weighted by atomic mass is 16.2. The Bertz CT molecular complexity index is 697. The maximum Gasteiger partial charge on any atom is 0.243 e. The van der Waals surface area contributed by atoms with Crippen molar-refractivity contribution in [1.29, 1.82) is 5.26 Å². The summed E-state index contributed by atoms with van der Waals surface area (Å²) in [6.07, 6.45) is 1.64. The van der Waals surface area contributed by atoms with E-state index in [2.05, 4.69) is 16.4 Å². The van der Waals surface area contributed by atoms with Gasteiger partial charge in [-0.2, -0.15) is 5.26 Å². The van der Waals surface area contributed by atoms with Crippen molar-refractivity contribution in [3.05, 3.63) is 23.8 Å². The lowest BCUT2D eigenvalue weighted by Gasteiger charge is -2.24. The van der Waals surface area contributed by atoms with E-state index in [0.29, 0.717) is 23.6 Å². The molecule has 1 aliphatic rings. The average molecular weight is 255 g/mol. The first-order valence-corrected chi connectivity index (χ1v) is 6.16. The van der Waals surface area contributed by atoms with E-state index < -0.39 is 0 Å². The zero-order valence-electron chi connectivity index (χ0n) is 10.3. The van der Waals surface area contributed by atoms with Crippen LogP contribution >= 0.6 is 0 Å². The summed E-state index contributed by atoms with van der Waals surface area (Å²) in [6.45, 7) is 0.700. The molecule has 2 aromatic rings. The molecule has 1 fully saturated rings. The smallest absolute Gasteiger partial charge is 0.243 e. The van der Waals surface area contributed by atoms with Crippen LogP contribution in [0.1, 0.15) is 24.4 Å². The number of nitrogens with two attached hydrogens (primary N) is 1. The number of nitriles is 1. The summed E-state index contributed by atoms with van der Waals surface area (Å²) < 4.78 is 1.73. The minimum atomic E-state index is -0.340. The van der Waals surface area contributed by atoms with E-state index in [1.165, 1.54) is 0 Å². The Hall–Kier alpha value is -2.55. The standard InChI is InChI=1S/C13H13N5O/c14-7-8-3-4-9-11(6-8)18(13(15)17-9)10-2-1-5-16-12(10)19/h3-4,6,10H,1-2,5H2,(H2,15,17)(H,16,19). The number of imidazole rings is 1. The van der Waals surface area contributed by atoms with E-state index in [0.717, 1.165) is 18.4 Å². The molecule has 3 rings (SSSR count). The monoisotopic (exact) mass is 255 g/mol. The number of hydrogen-bond donors (Lipinski definition) is 2. The molecule has 96 valence electrons. The first kappa shape index (κ1) is 11.5. The van der Waals surface area contributed by atoms with Gasteiger partial charge in [0.05, 0.1) is 22.7 Å². The molecule has 6 heteroatoms. The van der Waals surface area contributed by atoms with Crippen LogP contribution in [0.5, 0.6) is 0 Å². The fourth-order valence-electron chi connectivity index (χ4n) is 2.51. The van der Waals surface area contributed by atoms with Gasteiger partial charge in [0.15, 0.2) is 0 Å². The Balaban J connectivity index is 2.19. The van der Waals surface area contributed by atoms with Crippen molar-refractivity contribution in [3.8, 4) is 6.07 Å². The summed E-state index contributed by atoms with van der Waals surface area (Å²) in [7, 11) is 0. The van der Waals surface area contributed by atoms with Crippen LogP contribution in [-0.2, 0) is 4.79 Å². The highest BCUT2D eigenvalue weighted by Gasteiger charge is 2.27. The maximum atomic E-state index is 12.0. The van der Waals surface area contributed by atoms with Crippen LogP contribution in [0.4, 0.5) is 5.95 Å². The highest BCUT2D eigenvalue weighted by Crippen LogP contribution is 2.27. The Morgan fingerprint density at radius 1 is 1.53 bits per heavy atom. The number of aromatic nitrogens is 2. The van der Waals surface area contributed by atoms with Crippen LogP contribution < -0.4 is 11.1 Å². The largest absolute Gasteiger partial charge is 0.369 e. The predicted molar refractivity (Wildman–Crippen MR) is 70.1 cm³/mol. The molecule has 6 nitrogen and oxygen atoms in total. The molecule has 0 bridgehead atoms. The van der Waals surface area contributed by atoms with Crippen LogP contribution in [0.2, 0.25) is 0 Å². The fraction of sp³-hybridized carbons (Fsp3) is 0.308. The maximum absolute atomic E-state index is 12.0. The molecule has 0 radical (unpaired) electrons. The lowest BCUT2D eigenvalue weighted by molar-refractivity contribution is -0.125. The fourth-order valence-corrected chi connectivity index (χ4v) is 2.51. The molecule has 0 saturated carbocycles. The summed E-state index contributed by atoms with van der Waals surface area (Å²) in [5.74, 6) is 0.270. The SMILES string of the molecule is N#Cc1ccc2nc(N)n(C3CCCNC3=O)c2c1. The minimum Gasteiger partial charge on any atom is -0.369 e. The third kappa shape index (κ3) is 1.80. The zero-order valence-corrected chi connectivity index (χ0v) is 10.3. The highest BCUT2D eigenvalue weighted by molar-refractivity contribution is 5.86. The van der Waals surface area contributed by atoms with Crippen molar-refractivity contribution >= 4 is 22.9 Å². The van der Waals surface area contributed by atoms with Crippen molar-refractivity contribution in [2.24, 2.45) is 0 Å². The number of anilines is 1. The van der Waals surface area contributed by atoms with Crippen molar-refractivity contribution in [2.75, 3.05) is 12.3 Å². The van der Waals surface area contributed by atoms with Gasteiger partial charge in [-0.15, -0.1) is 0 Å². The number of amides is 1. The molecule has 1 amide bonds. The molecule has 3 N–H and O–H groups in total. The van der Waals surface area contributed by atoms with Crippen LogP contribution in [-0.4, -0.2) is 22.0 Å². The van der Waals surface area contributed by atoms with Crippen molar-refractivity contribution < 1.29 is 4.79 Å². The van der Waals surface area contributed by atoms with Gasteiger partial charge in [0.25, 0.3) is 0 Å². The van der Waals surface area contributed by atoms with Gasteiger partial charge in [-0.05, 0) is 31.0 Å². The number of benzene rings is 1. The van der Waals surface area contributed by atoms with Gasteiger partial charge in [0.1, 0.15) is 6.04 Å². The van der Waals surface area contributed by atoms with Gasteiger partial charge < -0.3 is 11.1 Å². The Kier molecular flexibility index (Phi) is 2.60. The van der Waals surface area contributed by atoms with Gasteiger partial charge in [-0.25, -0.2) is 4.98 Å². The summed E-state index contributed by atoms with van der Waals surface area (Å²) >= 11 is 0. The number of nitrogens with zero attached hydrogens (tertiary/aromatic N) is 3. The number of hydrogen-bond acceptors (Lipinski definition) is 4. The van der Waals surface area contributed by atoms with E-state index in [1.807, 2.05) is 0 Å². The van der Waals surface area contributed by atoms with E-state index in [1.54, 1.807) is 22.8 Å². The normalized spacial score (nSPS) is 19.1. The molecule has 1 atom stereocenters. The van der Waals surface area contributed by atoms with Crippen molar-refractivity contribution in [3.63, 3.8) is 0 Å². The second-order valence-corrected chi connectivity index (χ2v) is 4.60. The summed E-state index contributed by atoms with van der Waals surface area (Å²) in [5, 5.41) is 11.8. The molecular formula is C13H13N5O. The van der Waals surface area contributed by atoms with E-state index in [4.69, 9.17) is 11.0 Å². The summed E-state index contributed by atoms with van der Waals surface area (Å²) in [6, 6.07) is 6.92. The van der Waals surface area contributed by atoms with Crippen LogP contribution in [0.15, 0.2) is 18.2 Å². The third-order valence-corrected chi connectivity index (χ3v) is 3.41. The molecule has 2 heterocycles. The lowest BCUT2D eigenvalue weighted by atomic mass is 10.1. The zero-order chi connectivity index (χ0) is 13.4. The van der Waals surface area contributed by atoms with E-state index >= 15 is 0 Å². The molecule has 0 spiro atoms. The summed E-state index contributed by atoms with van der Waals surface area (Å²) in [5.41, 5.74) is 7.90. The first-order chi connectivity index (χ1) is 9.20. The van der Waals surface area contributed by atoms with Crippen molar-refractivity contribution in [2.45, 2.75) is 18.9 Å². The third-order valence-electron chi connectivity index (χ3n) is 3.41. The molecule has 1 aromatic heterocycles. The topological polar surface area (TPSA) is 96.7 Å². The number of fused-ring (bicyclic) bond motifs is 1. The second kappa shape index (κ2) is 4.28. The van der Waals surface area contributed by atoms with E-state index in [9.17, 15) is 4.79 Å². The van der Waals surface area contributed by atoms with Gasteiger partial charge in [-0.3, -0.25) is 9.36 Å². The first-order valence-electron chi connectivity index (χ1n) is 6.16. The molecule has 19 heavy (non-hydrogen) atoms. The van der Waals surface area contributed by atoms with Gasteiger partial charge in [-0.1, -0.05) is 0 Å². The molecule has 1 aliphatic heterocycles. The summed E-state index contributed by atoms with van der Waals surface area (Å²) in [4.78, 5) is 16.2. The molecule has 1 saturated heterocycles. The number of nitrogens with one attached hydrogen (secondary N) is 1. The average Bonchev–Trinajstić information content (AvgIpc) is 2.74. The lowest BCUT2D eigenvalue weighted by Crippen LogP contribution is -2.38. The molecular weight excluding hydrogens is 242 g/mol. The van der Waals surface area contributed by atoms with Gasteiger partial charge in [0, 0.05) is 6.54 Å². The number of piperidine rings is 1. The Morgan fingerprint density at radius 3 is 3.11 bits per heavy atom. The number of carbonyl (C=O) groups is 1. The number of rotatable bonds is 1. The van der Waals surface area contributed by atoms with Crippen LogP contribution in [0, 0.1) is 11.3 Å². The quantitative estimate of drug-likeness (QED) is 0.792. The van der Waals surface area contributed by atoms with E-state index in [-0.39, 0.29) is 11.9 Å². The molecule has 0 aliphatic carbocycles. The second-order valence-electron chi connectivity index (χ2n) is 4.60. The molecule has 1 unspecified atom stereocenters. The van der Waals surface area contributed by atoms with Crippen LogP contribution in [0.25, 0.3) is 11.0 Å². The Labute approximate surface area is 109 Å². The number of nitrogen functional groups attached to an aromatic ring is 1. The van der Waals surface area contributed by atoms with Gasteiger partial charge >= 0.3 is 0 Å². The predicted octanol–water partition coefficient (Wildman–Crippen LogP) is 0.941. The Morgan fingerprint density at radius 2 is 2.37 bits per heavy atom. The minimum absolute atomic E-state index is 0.0420. The molecule has 1 aromatic carbocycles. The van der Waals surface area contributed by atoms with Crippen molar-refractivity contribution in [1.82, 2.24) is 14.9 Å². The number of carbonyl (C=O) groups excluding carboxylic acids is 1. The van der Waals surface area contributed by atoms with Crippen LogP contribution in [0.3, 0.4) is 0 Å².